The molecule has 3 aromatic rings. The molecule has 0 fully saturated rings. The quantitative estimate of drug-likeness (QED) is 0.486. The van der Waals surface area contributed by atoms with Crippen molar-refractivity contribution in [2.75, 3.05) is 35.5 Å². The molecule has 3 aromatic carbocycles. The van der Waals surface area contributed by atoms with Crippen molar-refractivity contribution in [2.24, 2.45) is 0 Å². The van der Waals surface area contributed by atoms with E-state index in [4.69, 9.17) is 23.7 Å². The van der Waals surface area contributed by atoms with E-state index in [9.17, 15) is 9.00 Å². The van der Waals surface area contributed by atoms with Gasteiger partial charge < -0.3 is 23.7 Å². The molecule has 0 aromatic heterocycles. The Bertz CT molecular complexity index is 1130. The van der Waals surface area contributed by atoms with Gasteiger partial charge in [0.05, 0.1) is 57.5 Å². The number of rotatable bonds is 8. The van der Waals surface area contributed by atoms with E-state index in [1.807, 2.05) is 18.2 Å². The number of carbonyl (C=O) groups excluding carboxylic acids is 1. The summed E-state index contributed by atoms with van der Waals surface area (Å²) in [5.41, 5.74) is 0.554. The second kappa shape index (κ2) is 9.70. The Morgan fingerprint density at radius 1 is 0.871 bits per heavy atom. The third-order valence-electron chi connectivity index (χ3n) is 4.89. The molecule has 0 aliphatic rings. The molecule has 164 valence electrons. The van der Waals surface area contributed by atoms with E-state index in [0.29, 0.717) is 38.5 Å². The number of benzene rings is 3. The Morgan fingerprint density at radius 2 is 1.55 bits per heavy atom. The monoisotopic (exact) mass is 444 g/mol. The van der Waals surface area contributed by atoms with Gasteiger partial charge in [-0.05, 0) is 18.2 Å². The lowest BCUT2D eigenvalue weighted by Gasteiger charge is -2.21. The maximum absolute atomic E-state index is 13.1. The van der Waals surface area contributed by atoms with E-state index in [1.165, 1.54) is 28.4 Å². The highest BCUT2D eigenvalue weighted by atomic mass is 32.2. The number of carbonyl (C=O) groups is 1. The van der Waals surface area contributed by atoms with Crippen molar-refractivity contribution < 1.29 is 32.7 Å². The molecule has 0 N–H and O–H groups in total. The number of methoxy groups -OCH3 is 5. The highest BCUT2D eigenvalue weighted by molar-refractivity contribution is 7.84. The summed E-state index contributed by atoms with van der Waals surface area (Å²) >= 11 is 0. The van der Waals surface area contributed by atoms with E-state index < -0.39 is 16.8 Å². The molecule has 0 aliphatic heterocycles. The van der Waals surface area contributed by atoms with Gasteiger partial charge in [0.25, 0.3) is 0 Å². The van der Waals surface area contributed by atoms with Crippen LogP contribution in [0.25, 0.3) is 10.8 Å². The smallest absolute Gasteiger partial charge is 0.342 e. The summed E-state index contributed by atoms with van der Waals surface area (Å²) < 4.78 is 40.5. The number of ether oxygens (including phenoxy) is 5. The van der Waals surface area contributed by atoms with Crippen molar-refractivity contribution in [3.05, 3.63) is 53.6 Å². The standard InChI is InChI=1S/C23H24O7S/c1-26-14-11-16-19(18(12-14)27-2)22(29-4)20(23(24)30-5)17(21(16)28-3)13-31(25)15-9-7-6-8-10-15/h6-12H,13H2,1-5H3. The summed E-state index contributed by atoms with van der Waals surface area (Å²) in [5, 5.41) is 1.13. The van der Waals surface area contributed by atoms with Crippen LogP contribution in [0, 0.1) is 0 Å². The number of hydrogen-bond acceptors (Lipinski definition) is 7. The van der Waals surface area contributed by atoms with Gasteiger partial charge in [-0.1, -0.05) is 18.2 Å². The lowest BCUT2D eigenvalue weighted by Crippen LogP contribution is -2.13. The van der Waals surface area contributed by atoms with Crippen LogP contribution in [0.4, 0.5) is 0 Å². The molecule has 0 radical (unpaired) electrons. The molecular formula is C23H24O7S. The van der Waals surface area contributed by atoms with E-state index in [0.717, 1.165) is 0 Å². The van der Waals surface area contributed by atoms with Crippen LogP contribution in [0.15, 0.2) is 47.4 Å². The molecule has 0 aliphatic carbocycles. The number of hydrogen-bond donors (Lipinski definition) is 0. The molecule has 0 amide bonds. The Labute approximate surface area is 183 Å². The fraction of sp³-hybridized carbons (Fsp3) is 0.261. The maximum atomic E-state index is 13.1. The first-order valence-corrected chi connectivity index (χ1v) is 10.7. The second-order valence-electron chi connectivity index (χ2n) is 6.47. The summed E-state index contributed by atoms with van der Waals surface area (Å²) in [4.78, 5) is 13.5. The zero-order valence-electron chi connectivity index (χ0n) is 18.0. The molecule has 0 saturated heterocycles. The zero-order chi connectivity index (χ0) is 22.5. The predicted molar refractivity (Wildman–Crippen MR) is 118 cm³/mol. The number of fused-ring (bicyclic) bond motifs is 1. The molecule has 0 spiro atoms. The second-order valence-corrected chi connectivity index (χ2v) is 7.92. The summed E-state index contributed by atoms with van der Waals surface area (Å²) in [6.07, 6.45) is 0. The number of esters is 1. The summed E-state index contributed by atoms with van der Waals surface area (Å²) in [6, 6.07) is 12.4. The molecule has 0 bridgehead atoms. The molecule has 0 heterocycles. The van der Waals surface area contributed by atoms with Gasteiger partial charge in [0, 0.05) is 21.9 Å². The molecule has 31 heavy (non-hydrogen) atoms. The van der Waals surface area contributed by atoms with Crippen LogP contribution >= 0.6 is 0 Å². The minimum atomic E-state index is -1.45. The minimum Gasteiger partial charge on any atom is -0.497 e. The third-order valence-corrected chi connectivity index (χ3v) is 6.23. The summed E-state index contributed by atoms with van der Waals surface area (Å²) in [7, 11) is 5.82. The fourth-order valence-corrected chi connectivity index (χ4v) is 4.67. The Hall–Kier alpha value is -3.26. The topological polar surface area (TPSA) is 80.3 Å². The van der Waals surface area contributed by atoms with Crippen LogP contribution in [0.3, 0.4) is 0 Å². The minimum absolute atomic E-state index is 0.0173. The van der Waals surface area contributed by atoms with Gasteiger partial charge in [-0.2, -0.15) is 0 Å². The normalized spacial score (nSPS) is 11.6. The van der Waals surface area contributed by atoms with E-state index in [1.54, 1.807) is 31.4 Å². The lowest BCUT2D eigenvalue weighted by atomic mass is 9.97. The SMILES string of the molecule is COC(=O)c1c(CS(=O)c2ccccc2)c(OC)c2cc(OC)cc(OC)c2c1OC. The van der Waals surface area contributed by atoms with Gasteiger partial charge in [-0.15, -0.1) is 0 Å². The highest BCUT2D eigenvalue weighted by Crippen LogP contribution is 2.47. The van der Waals surface area contributed by atoms with E-state index in [2.05, 4.69) is 0 Å². The van der Waals surface area contributed by atoms with Crippen molar-refractivity contribution in [1.29, 1.82) is 0 Å². The lowest BCUT2D eigenvalue weighted by molar-refractivity contribution is 0.0596. The van der Waals surface area contributed by atoms with Gasteiger partial charge in [-0.25, -0.2) is 4.79 Å². The van der Waals surface area contributed by atoms with Crippen molar-refractivity contribution in [2.45, 2.75) is 10.6 Å². The van der Waals surface area contributed by atoms with Gasteiger partial charge in [0.1, 0.15) is 28.6 Å². The first-order chi connectivity index (χ1) is 15.0. The average molecular weight is 445 g/mol. The van der Waals surface area contributed by atoms with Crippen LogP contribution < -0.4 is 18.9 Å². The first-order valence-electron chi connectivity index (χ1n) is 9.34. The molecule has 8 heteroatoms. The van der Waals surface area contributed by atoms with Crippen LogP contribution in [-0.2, 0) is 21.3 Å². The fourth-order valence-electron chi connectivity index (χ4n) is 3.50. The zero-order valence-corrected chi connectivity index (χ0v) is 18.8. The molecule has 1 atom stereocenters. The molecule has 7 nitrogen and oxygen atoms in total. The van der Waals surface area contributed by atoms with Crippen molar-refractivity contribution >= 4 is 27.5 Å². The Morgan fingerprint density at radius 3 is 2.10 bits per heavy atom. The summed E-state index contributed by atoms with van der Waals surface area (Å²) in [6.45, 7) is 0. The van der Waals surface area contributed by atoms with Gasteiger partial charge >= 0.3 is 5.97 Å². The molecule has 0 saturated carbocycles. The Kier molecular flexibility index (Phi) is 7.02. The van der Waals surface area contributed by atoms with E-state index >= 15 is 0 Å². The van der Waals surface area contributed by atoms with Crippen LogP contribution in [0.2, 0.25) is 0 Å². The van der Waals surface area contributed by atoms with Crippen molar-refractivity contribution in [3.8, 4) is 23.0 Å². The van der Waals surface area contributed by atoms with Crippen LogP contribution in [0.1, 0.15) is 15.9 Å². The van der Waals surface area contributed by atoms with Crippen LogP contribution in [0.5, 0.6) is 23.0 Å². The molecule has 3 rings (SSSR count). The van der Waals surface area contributed by atoms with Crippen molar-refractivity contribution in [3.63, 3.8) is 0 Å². The Balaban J connectivity index is 2.40. The third kappa shape index (κ3) is 4.16. The van der Waals surface area contributed by atoms with Gasteiger partial charge in [-0.3, -0.25) is 4.21 Å². The predicted octanol–water partition coefficient (Wildman–Crippen LogP) is 3.97. The van der Waals surface area contributed by atoms with E-state index in [-0.39, 0.29) is 17.1 Å². The van der Waals surface area contributed by atoms with Crippen LogP contribution in [-0.4, -0.2) is 45.7 Å². The highest BCUT2D eigenvalue weighted by Gasteiger charge is 2.30. The molecule has 1 unspecified atom stereocenters. The largest absolute Gasteiger partial charge is 0.497 e. The van der Waals surface area contributed by atoms with Gasteiger partial charge in [0.2, 0.25) is 0 Å². The average Bonchev–Trinajstić information content (AvgIpc) is 2.82. The first kappa shape index (κ1) is 22.4. The van der Waals surface area contributed by atoms with Crippen molar-refractivity contribution in [1.82, 2.24) is 0 Å². The van der Waals surface area contributed by atoms with Gasteiger partial charge in [0.15, 0.2) is 0 Å². The summed E-state index contributed by atoms with van der Waals surface area (Å²) in [5.74, 6) is 0.981. The maximum Gasteiger partial charge on any atom is 0.342 e. The molecular weight excluding hydrogens is 420 g/mol.